The number of hydrogen-bond acceptors (Lipinski definition) is 7. The number of hydrogen-bond donors (Lipinski definition) is 3. The maximum atomic E-state index is 12.4. The van der Waals surface area contributed by atoms with E-state index in [-0.39, 0.29) is 51.7 Å². The molecule has 162 valence electrons. The first-order valence-electron chi connectivity index (χ1n) is 9.87. The summed E-state index contributed by atoms with van der Waals surface area (Å²) in [6.45, 7) is 3.92. The molecule has 0 radical (unpaired) electrons. The minimum atomic E-state index is -0.927. The van der Waals surface area contributed by atoms with Gasteiger partial charge >= 0.3 is 0 Å². The summed E-state index contributed by atoms with van der Waals surface area (Å²) in [7, 11) is 0. The number of nitrogens with one attached hydrogen (secondary N) is 1. The number of pyridine rings is 1. The van der Waals surface area contributed by atoms with Crippen LogP contribution in [0.4, 0.5) is 5.69 Å². The number of non-ortho nitro benzene ring substituents is 1. The van der Waals surface area contributed by atoms with Crippen LogP contribution in [0, 0.1) is 10.1 Å². The van der Waals surface area contributed by atoms with Gasteiger partial charge in [0.15, 0.2) is 11.5 Å². The van der Waals surface area contributed by atoms with Crippen molar-refractivity contribution in [2.24, 2.45) is 0 Å². The van der Waals surface area contributed by atoms with Gasteiger partial charge in [-0.2, -0.15) is 0 Å². The molecule has 0 bridgehead atoms. The molecule has 0 aliphatic carbocycles. The molecule has 3 rings (SSSR count). The van der Waals surface area contributed by atoms with E-state index in [1.165, 1.54) is 30.5 Å². The Morgan fingerprint density at radius 2 is 2.03 bits per heavy atom. The number of phenolic OH excluding ortho intramolecular Hbond substituents is 2. The smallest absolute Gasteiger partial charge is 0.279 e. The van der Waals surface area contributed by atoms with Crippen LogP contribution in [0.15, 0.2) is 42.6 Å². The number of phenols is 2. The Morgan fingerprint density at radius 1 is 1.26 bits per heavy atom. The van der Waals surface area contributed by atoms with Gasteiger partial charge in [-0.15, -0.1) is 0 Å². The van der Waals surface area contributed by atoms with E-state index in [4.69, 9.17) is 4.74 Å². The number of fused-ring (bicyclic) bond motifs is 1. The highest BCUT2D eigenvalue weighted by atomic mass is 16.6. The van der Waals surface area contributed by atoms with Gasteiger partial charge in [0.05, 0.1) is 23.0 Å². The normalized spacial score (nSPS) is 11.8. The third-order valence-corrected chi connectivity index (χ3v) is 4.78. The molecule has 9 heteroatoms. The molecule has 1 atom stereocenters. The zero-order chi connectivity index (χ0) is 22.5. The fourth-order valence-corrected chi connectivity index (χ4v) is 3.38. The predicted octanol–water partition coefficient (Wildman–Crippen LogP) is 3.96. The second kappa shape index (κ2) is 9.29. The van der Waals surface area contributed by atoms with Gasteiger partial charge in [0.1, 0.15) is 11.3 Å². The fourth-order valence-electron chi connectivity index (χ4n) is 3.38. The van der Waals surface area contributed by atoms with Gasteiger partial charge < -0.3 is 20.3 Å². The Kier molecular flexibility index (Phi) is 6.54. The quantitative estimate of drug-likeness (QED) is 0.367. The number of aromatic nitrogens is 1. The lowest BCUT2D eigenvalue weighted by molar-refractivity contribution is -0.383. The van der Waals surface area contributed by atoms with Crippen molar-refractivity contribution in [3.8, 4) is 17.2 Å². The largest absolute Gasteiger partial charge is 0.505 e. The van der Waals surface area contributed by atoms with E-state index in [0.717, 1.165) is 0 Å². The van der Waals surface area contributed by atoms with E-state index in [1.807, 2.05) is 6.92 Å². The summed E-state index contributed by atoms with van der Waals surface area (Å²) in [6.07, 6.45) is 2.26. The number of ether oxygens (including phenoxy) is 1. The van der Waals surface area contributed by atoms with Crippen LogP contribution >= 0.6 is 0 Å². The summed E-state index contributed by atoms with van der Waals surface area (Å²) in [5.41, 5.74) is 0.417. The van der Waals surface area contributed by atoms with Crippen LogP contribution in [0.25, 0.3) is 10.9 Å². The van der Waals surface area contributed by atoms with Crippen molar-refractivity contribution in [1.82, 2.24) is 10.3 Å². The van der Waals surface area contributed by atoms with E-state index in [9.17, 15) is 25.1 Å². The van der Waals surface area contributed by atoms with Crippen LogP contribution in [0.2, 0.25) is 0 Å². The number of nitrogens with zero attached hydrogens (tertiary/aromatic N) is 2. The standard InChI is InChI=1S/C22H23N3O6/c1-3-6-19(27)24-20(13-8-9-17(26)18(11-13)31-4-2)15-12-16(25(29)30)14-7-5-10-23-21(14)22(15)28/h5,7-12,20,26,28H,3-4,6H2,1-2H3,(H,24,27)/t20-/m0/s1. The topological polar surface area (TPSA) is 135 Å². The molecular weight excluding hydrogens is 402 g/mol. The second-order valence-electron chi connectivity index (χ2n) is 6.90. The molecule has 0 fully saturated rings. The average molecular weight is 425 g/mol. The van der Waals surface area contributed by atoms with Crippen LogP contribution in [0.1, 0.15) is 43.9 Å². The monoisotopic (exact) mass is 425 g/mol. The number of amides is 1. The summed E-state index contributed by atoms with van der Waals surface area (Å²) in [5, 5.41) is 35.7. The molecule has 31 heavy (non-hydrogen) atoms. The molecule has 3 N–H and O–H groups in total. The highest BCUT2D eigenvalue weighted by molar-refractivity contribution is 5.94. The number of nitro benzene ring substituents is 1. The molecule has 0 aliphatic heterocycles. The first-order chi connectivity index (χ1) is 14.9. The molecule has 1 heterocycles. The molecule has 1 aromatic heterocycles. The Hall–Kier alpha value is -3.88. The van der Waals surface area contributed by atoms with Gasteiger partial charge in [-0.3, -0.25) is 19.9 Å². The predicted molar refractivity (Wildman–Crippen MR) is 114 cm³/mol. The summed E-state index contributed by atoms with van der Waals surface area (Å²) in [6, 6.07) is 7.86. The zero-order valence-electron chi connectivity index (χ0n) is 17.2. The lowest BCUT2D eigenvalue weighted by Gasteiger charge is -2.22. The lowest BCUT2D eigenvalue weighted by atomic mass is 9.94. The number of nitro groups is 1. The van der Waals surface area contributed by atoms with E-state index in [0.29, 0.717) is 18.6 Å². The second-order valence-corrected chi connectivity index (χ2v) is 6.90. The maximum Gasteiger partial charge on any atom is 0.279 e. The summed E-state index contributed by atoms with van der Waals surface area (Å²) in [4.78, 5) is 27.7. The van der Waals surface area contributed by atoms with E-state index in [2.05, 4.69) is 10.3 Å². The molecule has 0 saturated carbocycles. The van der Waals surface area contributed by atoms with Crippen molar-refractivity contribution in [2.75, 3.05) is 6.61 Å². The molecule has 2 aromatic carbocycles. The molecule has 3 aromatic rings. The highest BCUT2D eigenvalue weighted by Crippen LogP contribution is 2.41. The zero-order valence-corrected chi connectivity index (χ0v) is 17.2. The number of carbonyl (C=O) groups excluding carboxylic acids is 1. The van der Waals surface area contributed by atoms with E-state index in [1.54, 1.807) is 19.1 Å². The van der Waals surface area contributed by atoms with Gasteiger partial charge in [-0.1, -0.05) is 13.0 Å². The Morgan fingerprint density at radius 3 is 2.71 bits per heavy atom. The van der Waals surface area contributed by atoms with Crippen molar-refractivity contribution in [3.05, 3.63) is 63.8 Å². The fraction of sp³-hybridized carbons (Fsp3) is 0.273. The minimum absolute atomic E-state index is 0.0604. The Labute approximate surface area is 178 Å². The highest BCUT2D eigenvalue weighted by Gasteiger charge is 2.27. The first kappa shape index (κ1) is 21.8. The van der Waals surface area contributed by atoms with Crippen molar-refractivity contribution >= 4 is 22.5 Å². The lowest BCUT2D eigenvalue weighted by Crippen LogP contribution is -2.29. The van der Waals surface area contributed by atoms with Gasteiger partial charge in [-0.05, 0) is 43.2 Å². The Balaban J connectivity index is 2.24. The van der Waals surface area contributed by atoms with E-state index >= 15 is 0 Å². The van der Waals surface area contributed by atoms with Crippen LogP contribution < -0.4 is 10.1 Å². The number of aromatic hydroxyl groups is 2. The van der Waals surface area contributed by atoms with Crippen molar-refractivity contribution < 1.29 is 24.7 Å². The third-order valence-electron chi connectivity index (χ3n) is 4.78. The minimum Gasteiger partial charge on any atom is -0.505 e. The van der Waals surface area contributed by atoms with Crippen molar-refractivity contribution in [2.45, 2.75) is 32.7 Å². The summed E-state index contributed by atoms with van der Waals surface area (Å²) < 4.78 is 5.43. The van der Waals surface area contributed by atoms with Crippen LogP contribution in [0.3, 0.4) is 0 Å². The number of carbonyl (C=O) groups is 1. The molecule has 1 amide bonds. The van der Waals surface area contributed by atoms with Gasteiger partial charge in [0.25, 0.3) is 5.69 Å². The molecule has 0 saturated heterocycles. The summed E-state index contributed by atoms with van der Waals surface area (Å²) in [5.74, 6) is -0.446. The average Bonchev–Trinajstić information content (AvgIpc) is 2.74. The van der Waals surface area contributed by atoms with Crippen molar-refractivity contribution in [3.63, 3.8) is 0 Å². The molecule has 0 spiro atoms. The number of rotatable bonds is 8. The maximum absolute atomic E-state index is 12.4. The van der Waals surface area contributed by atoms with Crippen LogP contribution in [-0.2, 0) is 4.79 Å². The third kappa shape index (κ3) is 4.50. The van der Waals surface area contributed by atoms with Gasteiger partial charge in [0, 0.05) is 24.2 Å². The molecule has 0 aliphatic rings. The molecular formula is C22H23N3O6. The van der Waals surface area contributed by atoms with Crippen LogP contribution in [0.5, 0.6) is 17.2 Å². The SMILES string of the molecule is CCCC(=O)N[C@@H](c1ccc(O)c(OCC)c1)c1cc([N+](=O)[O-])c2cccnc2c1O. The van der Waals surface area contributed by atoms with Gasteiger partial charge in [0.2, 0.25) is 5.91 Å². The Bertz CT molecular complexity index is 1130. The molecule has 0 unspecified atom stereocenters. The van der Waals surface area contributed by atoms with E-state index < -0.39 is 11.0 Å². The summed E-state index contributed by atoms with van der Waals surface area (Å²) >= 11 is 0. The van der Waals surface area contributed by atoms with Gasteiger partial charge in [-0.25, -0.2) is 0 Å². The van der Waals surface area contributed by atoms with Crippen molar-refractivity contribution in [1.29, 1.82) is 0 Å². The molecule has 9 nitrogen and oxygen atoms in total. The van der Waals surface area contributed by atoms with Crippen LogP contribution in [-0.4, -0.2) is 32.6 Å². The first-order valence-corrected chi connectivity index (χ1v) is 9.87. The number of benzene rings is 2.